The number of hydrogen-bond acceptors (Lipinski definition) is 4. The van der Waals surface area contributed by atoms with E-state index >= 15 is 0 Å². The maximum absolute atomic E-state index is 13.1. The van der Waals surface area contributed by atoms with Crippen molar-refractivity contribution in [1.82, 2.24) is 10.3 Å². The molecule has 2 amide bonds. The second-order valence-electron chi connectivity index (χ2n) is 7.26. The fraction of sp³-hybridized carbons (Fsp3) is 0.250. The molecule has 0 spiro atoms. The van der Waals surface area contributed by atoms with Crippen LogP contribution in [0.3, 0.4) is 0 Å². The Morgan fingerprint density at radius 3 is 2.44 bits per heavy atom. The van der Waals surface area contributed by atoms with E-state index in [4.69, 9.17) is 0 Å². The summed E-state index contributed by atoms with van der Waals surface area (Å²) in [5.74, 6) is -0.769. The fourth-order valence-electron chi connectivity index (χ4n) is 2.97. The van der Waals surface area contributed by atoms with E-state index in [1.54, 1.807) is 0 Å². The van der Waals surface area contributed by atoms with Crippen molar-refractivity contribution in [3.63, 3.8) is 0 Å². The molecule has 0 unspecified atom stereocenters. The van der Waals surface area contributed by atoms with Crippen LogP contribution in [0, 0.1) is 0 Å². The van der Waals surface area contributed by atoms with E-state index in [1.165, 1.54) is 24.5 Å². The Kier molecular flexibility index (Phi) is 4.89. The molecule has 27 heavy (non-hydrogen) atoms. The highest BCUT2D eigenvalue weighted by Crippen LogP contribution is 2.31. The van der Waals surface area contributed by atoms with Gasteiger partial charge in [-0.05, 0) is 33.9 Å². The average molecular weight is 383 g/mol. The van der Waals surface area contributed by atoms with Gasteiger partial charge in [-0.15, -0.1) is 0 Å². The van der Waals surface area contributed by atoms with Gasteiger partial charge in [0.1, 0.15) is 5.56 Å². The van der Waals surface area contributed by atoms with E-state index in [0.717, 1.165) is 5.56 Å². The van der Waals surface area contributed by atoms with Crippen molar-refractivity contribution in [3.8, 4) is 0 Å². The molecule has 2 aromatic heterocycles. The van der Waals surface area contributed by atoms with Gasteiger partial charge < -0.3 is 15.6 Å². The summed E-state index contributed by atoms with van der Waals surface area (Å²) in [4.78, 5) is 40.2. The maximum atomic E-state index is 13.1. The number of aromatic nitrogens is 1. The lowest BCUT2D eigenvalue weighted by Crippen LogP contribution is -2.28. The Labute approximate surface area is 160 Å². The van der Waals surface area contributed by atoms with Gasteiger partial charge in [0.15, 0.2) is 0 Å². The topological polar surface area (TPSA) is 91.1 Å². The molecule has 0 atom stereocenters. The minimum atomic E-state index is -0.530. The summed E-state index contributed by atoms with van der Waals surface area (Å²) in [6.07, 6.45) is 0. The van der Waals surface area contributed by atoms with Gasteiger partial charge in [-0.2, -0.15) is 11.3 Å². The molecule has 3 rings (SSSR count). The molecule has 0 saturated carbocycles. The van der Waals surface area contributed by atoms with Gasteiger partial charge >= 0.3 is 0 Å². The third-order valence-corrected chi connectivity index (χ3v) is 4.99. The highest BCUT2D eigenvalue weighted by Gasteiger charge is 2.25. The van der Waals surface area contributed by atoms with Crippen molar-refractivity contribution >= 4 is 39.7 Å². The van der Waals surface area contributed by atoms with Crippen molar-refractivity contribution in [2.75, 3.05) is 12.4 Å². The lowest BCUT2D eigenvalue weighted by atomic mass is 9.82. The van der Waals surface area contributed by atoms with Gasteiger partial charge in [-0.3, -0.25) is 14.4 Å². The Balaban J connectivity index is 2.26. The van der Waals surface area contributed by atoms with Crippen LogP contribution in [0.2, 0.25) is 0 Å². The Bertz CT molecular complexity index is 1080. The lowest BCUT2D eigenvalue weighted by Gasteiger charge is -2.23. The van der Waals surface area contributed by atoms with Crippen molar-refractivity contribution in [2.45, 2.75) is 26.2 Å². The number of aromatic amines is 1. The van der Waals surface area contributed by atoms with Gasteiger partial charge in [0, 0.05) is 12.4 Å². The van der Waals surface area contributed by atoms with E-state index in [2.05, 4.69) is 15.6 Å². The molecule has 0 saturated heterocycles. The summed E-state index contributed by atoms with van der Waals surface area (Å²) < 4.78 is 0. The molecule has 0 aliphatic rings. The van der Waals surface area contributed by atoms with Crippen LogP contribution in [0.4, 0.5) is 5.69 Å². The number of hydrogen-bond donors (Lipinski definition) is 3. The van der Waals surface area contributed by atoms with Crippen LogP contribution in [0.15, 0.2) is 39.8 Å². The quantitative estimate of drug-likeness (QED) is 0.646. The minimum Gasteiger partial charge on any atom is -0.355 e. The zero-order valence-corrected chi connectivity index (χ0v) is 16.4. The molecule has 6 nitrogen and oxygen atoms in total. The number of carbonyl (C=O) groups is 2. The van der Waals surface area contributed by atoms with E-state index in [9.17, 15) is 14.4 Å². The summed E-state index contributed by atoms with van der Waals surface area (Å²) in [6.45, 7) is 6.02. The first kappa shape index (κ1) is 18.8. The highest BCUT2D eigenvalue weighted by molar-refractivity contribution is 7.08. The lowest BCUT2D eigenvalue weighted by molar-refractivity contribution is 0.0961. The summed E-state index contributed by atoms with van der Waals surface area (Å²) in [5.41, 5.74) is 1.51. The van der Waals surface area contributed by atoms with Crippen LogP contribution in [-0.2, 0) is 5.41 Å². The summed E-state index contributed by atoms with van der Waals surface area (Å²) >= 11 is 1.48. The molecular weight excluding hydrogens is 362 g/mol. The molecule has 0 radical (unpaired) electrons. The molecule has 0 aliphatic heterocycles. The first-order valence-electron chi connectivity index (χ1n) is 8.48. The van der Waals surface area contributed by atoms with E-state index in [0.29, 0.717) is 22.2 Å². The van der Waals surface area contributed by atoms with Crippen LogP contribution >= 0.6 is 11.3 Å². The number of rotatable bonds is 3. The number of H-pyrrole nitrogens is 1. The Hall–Kier alpha value is -2.93. The van der Waals surface area contributed by atoms with E-state index < -0.39 is 11.5 Å². The number of anilines is 1. The van der Waals surface area contributed by atoms with Gasteiger partial charge in [-0.25, -0.2) is 0 Å². The van der Waals surface area contributed by atoms with Gasteiger partial charge in [-0.1, -0.05) is 32.9 Å². The van der Waals surface area contributed by atoms with Crippen molar-refractivity contribution < 1.29 is 9.59 Å². The molecule has 140 valence electrons. The normalized spacial score (nSPS) is 11.4. The number of amides is 2. The minimum absolute atomic E-state index is 0.0118. The van der Waals surface area contributed by atoms with Crippen molar-refractivity contribution in [3.05, 3.63) is 62.1 Å². The molecule has 0 aliphatic carbocycles. The summed E-state index contributed by atoms with van der Waals surface area (Å²) in [7, 11) is 1.47. The van der Waals surface area contributed by atoms with E-state index in [1.807, 2.05) is 49.7 Å². The first-order valence-corrected chi connectivity index (χ1v) is 9.43. The number of benzene rings is 1. The van der Waals surface area contributed by atoms with Crippen molar-refractivity contribution in [2.24, 2.45) is 0 Å². The number of thiophene rings is 1. The Morgan fingerprint density at radius 2 is 1.85 bits per heavy atom. The summed E-state index contributed by atoms with van der Waals surface area (Å²) in [6, 6.07) is 7.02. The predicted molar refractivity (Wildman–Crippen MR) is 109 cm³/mol. The third-order valence-electron chi connectivity index (χ3n) is 4.31. The number of nitrogens with one attached hydrogen (secondary N) is 3. The highest BCUT2D eigenvalue weighted by atomic mass is 32.1. The monoisotopic (exact) mass is 383 g/mol. The van der Waals surface area contributed by atoms with E-state index in [-0.39, 0.29) is 16.9 Å². The average Bonchev–Trinajstić information content (AvgIpc) is 3.11. The SMILES string of the molecule is CNC(=O)c1cc2ccc(C(C)(C)C)c(C(=O)Nc3ccsc3)c2[nH]c1=O. The predicted octanol–water partition coefficient (Wildman–Crippen LogP) is 3.50. The molecular formula is C20H21N3O3S. The number of fused-ring (bicyclic) bond motifs is 1. The zero-order chi connectivity index (χ0) is 19.8. The summed E-state index contributed by atoms with van der Waals surface area (Å²) in [5, 5.41) is 9.67. The zero-order valence-electron chi connectivity index (χ0n) is 15.6. The van der Waals surface area contributed by atoms with Crippen LogP contribution in [-0.4, -0.2) is 23.8 Å². The second-order valence-corrected chi connectivity index (χ2v) is 8.04. The molecule has 0 fully saturated rings. The largest absolute Gasteiger partial charge is 0.355 e. The standard InChI is InChI=1S/C20H21N3O3S/c1-20(2,3)14-6-5-11-9-13(17(24)21-4)18(25)23-16(11)15(14)19(26)22-12-7-8-27-10-12/h5-10H,1-4H3,(H,21,24)(H,22,26)(H,23,25). The molecule has 3 aromatic rings. The van der Waals surface area contributed by atoms with Gasteiger partial charge in [0.2, 0.25) is 0 Å². The van der Waals surface area contributed by atoms with Crippen LogP contribution in [0.1, 0.15) is 47.1 Å². The maximum Gasteiger partial charge on any atom is 0.261 e. The molecule has 2 heterocycles. The third kappa shape index (κ3) is 3.64. The fourth-order valence-corrected chi connectivity index (χ4v) is 3.56. The molecule has 7 heteroatoms. The smallest absolute Gasteiger partial charge is 0.261 e. The second kappa shape index (κ2) is 7.00. The number of pyridine rings is 1. The molecule has 0 bridgehead atoms. The first-order chi connectivity index (χ1) is 12.7. The van der Waals surface area contributed by atoms with Crippen molar-refractivity contribution in [1.29, 1.82) is 0 Å². The molecule has 1 aromatic carbocycles. The number of carbonyl (C=O) groups excluding carboxylic acids is 2. The van der Waals surface area contributed by atoms with Crippen LogP contribution in [0.25, 0.3) is 10.9 Å². The van der Waals surface area contributed by atoms with Gasteiger partial charge in [0.25, 0.3) is 17.4 Å². The van der Waals surface area contributed by atoms with Crippen LogP contribution < -0.4 is 16.2 Å². The molecule has 3 N–H and O–H groups in total. The van der Waals surface area contributed by atoms with Gasteiger partial charge in [0.05, 0.1) is 16.8 Å². The van der Waals surface area contributed by atoms with Crippen LogP contribution in [0.5, 0.6) is 0 Å². The Morgan fingerprint density at radius 1 is 1.11 bits per heavy atom.